The second-order valence-corrected chi connectivity index (χ2v) is 6.41. The summed E-state index contributed by atoms with van der Waals surface area (Å²) in [5.74, 6) is -1.30. The summed E-state index contributed by atoms with van der Waals surface area (Å²) < 4.78 is 11.1. The van der Waals surface area contributed by atoms with Gasteiger partial charge in [-0.3, -0.25) is 4.79 Å². The van der Waals surface area contributed by atoms with Gasteiger partial charge in [0.05, 0.1) is 7.11 Å². The zero-order chi connectivity index (χ0) is 18.4. The highest BCUT2D eigenvalue weighted by molar-refractivity contribution is 9.10. The van der Waals surface area contributed by atoms with Gasteiger partial charge in [0.15, 0.2) is 5.41 Å². The topological polar surface area (TPSA) is 114 Å². The molecule has 2 heterocycles. The molecule has 1 aromatic carbocycles. The van der Waals surface area contributed by atoms with E-state index in [1.165, 1.54) is 7.11 Å². The molecule has 2 aliphatic heterocycles. The minimum absolute atomic E-state index is 0.0300. The monoisotopic (exact) mass is 403 g/mol. The number of allylic oxidation sites excluding steroid dienone is 1. The third-order valence-electron chi connectivity index (χ3n) is 4.31. The SMILES string of the molecule is CCC1=C(C(=O)OC)C2(C(=O)Nc3ccc(Br)cc32)C(C#N)=C(N)O1. The Morgan fingerprint density at radius 2 is 2.24 bits per heavy atom. The highest BCUT2D eigenvalue weighted by Crippen LogP contribution is 2.52. The van der Waals surface area contributed by atoms with Crippen LogP contribution in [0.1, 0.15) is 18.9 Å². The molecule has 128 valence electrons. The maximum atomic E-state index is 13.1. The van der Waals surface area contributed by atoms with Gasteiger partial charge in [0.25, 0.3) is 0 Å². The summed E-state index contributed by atoms with van der Waals surface area (Å²) in [5.41, 5.74) is 5.00. The van der Waals surface area contributed by atoms with Crippen LogP contribution < -0.4 is 11.1 Å². The first-order valence-electron chi connectivity index (χ1n) is 7.43. The van der Waals surface area contributed by atoms with E-state index >= 15 is 0 Å². The number of carbonyl (C=O) groups excluding carboxylic acids is 2. The number of nitriles is 1. The van der Waals surface area contributed by atoms with Crippen LogP contribution in [0.15, 0.2) is 45.5 Å². The van der Waals surface area contributed by atoms with Gasteiger partial charge < -0.3 is 20.5 Å². The summed E-state index contributed by atoms with van der Waals surface area (Å²) in [6.45, 7) is 1.76. The van der Waals surface area contributed by atoms with Crippen LogP contribution in [0.2, 0.25) is 0 Å². The average Bonchev–Trinajstić information content (AvgIpc) is 2.87. The molecule has 3 N–H and O–H groups in total. The summed E-state index contributed by atoms with van der Waals surface area (Å²) in [6.07, 6.45) is 0.294. The number of amides is 1. The fraction of sp³-hybridized carbons (Fsp3) is 0.235. The fourth-order valence-electron chi connectivity index (χ4n) is 3.28. The molecule has 0 radical (unpaired) electrons. The number of hydrogen-bond acceptors (Lipinski definition) is 6. The summed E-state index contributed by atoms with van der Waals surface area (Å²) in [4.78, 5) is 25.6. The molecule has 0 saturated carbocycles. The zero-order valence-electron chi connectivity index (χ0n) is 13.5. The first-order chi connectivity index (χ1) is 11.9. The largest absolute Gasteiger partial charge is 0.466 e. The van der Waals surface area contributed by atoms with Crippen LogP contribution in [-0.2, 0) is 24.5 Å². The van der Waals surface area contributed by atoms with Crippen LogP contribution in [0.5, 0.6) is 0 Å². The number of nitrogens with two attached hydrogens (primary N) is 1. The maximum absolute atomic E-state index is 13.1. The Bertz CT molecular complexity index is 913. The molecule has 0 aromatic heterocycles. The van der Waals surface area contributed by atoms with Crippen molar-refractivity contribution in [3.63, 3.8) is 0 Å². The maximum Gasteiger partial charge on any atom is 0.339 e. The van der Waals surface area contributed by atoms with Crippen LogP contribution in [0.3, 0.4) is 0 Å². The molecule has 0 fully saturated rings. The third kappa shape index (κ3) is 2.16. The van der Waals surface area contributed by atoms with Gasteiger partial charge in [-0.2, -0.15) is 5.26 Å². The Kier molecular flexibility index (Phi) is 4.05. The number of hydrogen-bond donors (Lipinski definition) is 2. The van der Waals surface area contributed by atoms with Crippen molar-refractivity contribution in [3.05, 3.63) is 51.0 Å². The summed E-state index contributed by atoms with van der Waals surface area (Å²) in [6, 6.07) is 7.06. The number of ether oxygens (including phenoxy) is 2. The van der Waals surface area contributed by atoms with Crippen molar-refractivity contribution in [1.29, 1.82) is 5.26 Å². The molecule has 8 heteroatoms. The van der Waals surface area contributed by atoms with E-state index in [2.05, 4.69) is 21.2 Å². The molecule has 3 rings (SSSR count). The van der Waals surface area contributed by atoms with Crippen LogP contribution in [0.4, 0.5) is 5.69 Å². The van der Waals surface area contributed by atoms with Gasteiger partial charge in [0.1, 0.15) is 23.0 Å². The van der Waals surface area contributed by atoms with E-state index in [-0.39, 0.29) is 22.8 Å². The summed E-state index contributed by atoms with van der Waals surface area (Å²) in [5, 5.41) is 12.4. The highest BCUT2D eigenvalue weighted by atomic mass is 79.9. The van der Waals surface area contributed by atoms with Gasteiger partial charge >= 0.3 is 5.97 Å². The number of halogens is 1. The lowest BCUT2D eigenvalue weighted by Gasteiger charge is -2.34. The van der Waals surface area contributed by atoms with Crippen LogP contribution >= 0.6 is 15.9 Å². The molecule has 1 atom stereocenters. The van der Waals surface area contributed by atoms with Gasteiger partial charge in [-0.15, -0.1) is 0 Å². The molecule has 1 aromatic rings. The van der Waals surface area contributed by atoms with Gasteiger partial charge in [0.2, 0.25) is 11.8 Å². The van der Waals surface area contributed by atoms with E-state index in [9.17, 15) is 14.9 Å². The van der Waals surface area contributed by atoms with Gasteiger partial charge in [-0.25, -0.2) is 4.79 Å². The van der Waals surface area contributed by atoms with Crippen LogP contribution in [0, 0.1) is 11.3 Å². The fourth-order valence-corrected chi connectivity index (χ4v) is 3.64. The molecule has 25 heavy (non-hydrogen) atoms. The Labute approximate surface area is 152 Å². The smallest absolute Gasteiger partial charge is 0.339 e. The number of benzene rings is 1. The molecule has 0 bridgehead atoms. The molecule has 7 nitrogen and oxygen atoms in total. The minimum Gasteiger partial charge on any atom is -0.466 e. The lowest BCUT2D eigenvalue weighted by atomic mass is 9.68. The molecule has 0 saturated heterocycles. The number of esters is 1. The minimum atomic E-state index is -1.70. The van der Waals surface area contributed by atoms with Gasteiger partial charge in [-0.1, -0.05) is 22.9 Å². The predicted octanol–water partition coefficient (Wildman–Crippen LogP) is 2.20. The van der Waals surface area contributed by atoms with E-state index in [1.54, 1.807) is 25.1 Å². The molecular weight excluding hydrogens is 390 g/mol. The van der Waals surface area contributed by atoms with E-state index in [0.29, 0.717) is 22.1 Å². The quantitative estimate of drug-likeness (QED) is 0.731. The first-order valence-corrected chi connectivity index (χ1v) is 8.22. The van der Waals surface area contributed by atoms with Crippen molar-refractivity contribution in [1.82, 2.24) is 0 Å². The molecule has 1 amide bonds. The van der Waals surface area contributed by atoms with E-state index in [1.807, 2.05) is 6.07 Å². The third-order valence-corrected chi connectivity index (χ3v) is 4.80. The van der Waals surface area contributed by atoms with E-state index in [0.717, 1.165) is 0 Å². The second-order valence-electron chi connectivity index (χ2n) is 5.49. The van der Waals surface area contributed by atoms with E-state index in [4.69, 9.17) is 15.2 Å². The molecule has 2 aliphatic rings. The van der Waals surface area contributed by atoms with Crippen LogP contribution in [-0.4, -0.2) is 19.0 Å². The van der Waals surface area contributed by atoms with Crippen LogP contribution in [0.25, 0.3) is 0 Å². The van der Waals surface area contributed by atoms with Crippen molar-refractivity contribution < 1.29 is 19.1 Å². The number of rotatable bonds is 2. The number of fused-ring (bicyclic) bond motifs is 2. The first kappa shape index (κ1) is 17.0. The molecule has 1 spiro atoms. The number of methoxy groups -OCH3 is 1. The van der Waals surface area contributed by atoms with Crippen molar-refractivity contribution in [2.45, 2.75) is 18.8 Å². The zero-order valence-corrected chi connectivity index (χ0v) is 15.1. The Balaban J connectivity index is 2.47. The number of nitrogens with zero attached hydrogens (tertiary/aromatic N) is 1. The summed E-state index contributed by atoms with van der Waals surface area (Å²) in [7, 11) is 1.21. The van der Waals surface area contributed by atoms with Crippen molar-refractivity contribution in [3.8, 4) is 6.07 Å². The number of nitrogens with one attached hydrogen (secondary N) is 1. The predicted molar refractivity (Wildman–Crippen MR) is 91.7 cm³/mol. The highest BCUT2D eigenvalue weighted by Gasteiger charge is 2.60. The number of carbonyl (C=O) groups is 2. The summed E-state index contributed by atoms with van der Waals surface area (Å²) >= 11 is 3.37. The molecular formula is C17H14BrN3O4. The molecule has 1 unspecified atom stereocenters. The Morgan fingerprint density at radius 3 is 2.84 bits per heavy atom. The normalized spacial score (nSPS) is 21.6. The number of anilines is 1. The Morgan fingerprint density at radius 1 is 1.52 bits per heavy atom. The average molecular weight is 404 g/mol. The molecule has 0 aliphatic carbocycles. The lowest BCUT2D eigenvalue weighted by Crippen LogP contribution is -2.45. The van der Waals surface area contributed by atoms with Gasteiger partial charge in [-0.05, 0) is 18.2 Å². The van der Waals surface area contributed by atoms with E-state index < -0.39 is 17.3 Å². The van der Waals surface area contributed by atoms with Crippen molar-refractivity contribution in [2.24, 2.45) is 5.73 Å². The lowest BCUT2D eigenvalue weighted by molar-refractivity contribution is -0.138. The standard InChI is InChI=1S/C17H14BrN3O4/c1-3-12-13(15(22)24-2)17(10(7-19)14(20)25-12)9-6-8(18)4-5-11(9)21-16(17)23/h4-6H,3,20H2,1-2H3,(H,21,23). The Hall–Kier alpha value is -2.79. The van der Waals surface area contributed by atoms with Crippen molar-refractivity contribution in [2.75, 3.05) is 12.4 Å². The second kappa shape index (κ2) is 5.93. The van der Waals surface area contributed by atoms with Gasteiger partial charge in [0, 0.05) is 22.1 Å². The van der Waals surface area contributed by atoms with Crippen molar-refractivity contribution >= 4 is 33.5 Å².